The van der Waals surface area contributed by atoms with Crippen molar-refractivity contribution < 1.29 is 28.2 Å². The number of hydrogen-bond donors (Lipinski definition) is 1. The van der Waals surface area contributed by atoms with Crippen LogP contribution in [0, 0.1) is 6.92 Å². The Morgan fingerprint density at radius 3 is 2.73 bits per heavy atom. The van der Waals surface area contributed by atoms with E-state index in [9.17, 15) is 14.4 Å². The summed E-state index contributed by atoms with van der Waals surface area (Å²) in [5.74, 6) is -0.375. The fraction of sp³-hybridized carbons (Fsp3) is 0.227. The third kappa shape index (κ3) is 3.98. The summed E-state index contributed by atoms with van der Waals surface area (Å²) in [6.45, 7) is 3.30. The van der Waals surface area contributed by atoms with Crippen LogP contribution in [-0.2, 0) is 9.53 Å². The molecule has 3 aromatic rings. The molecule has 0 radical (unpaired) electrons. The lowest BCUT2D eigenvalue weighted by Gasteiger charge is -2.15. The molecule has 30 heavy (non-hydrogen) atoms. The largest absolute Gasteiger partial charge is 0.454 e. The Hall–Kier alpha value is -3.81. The van der Waals surface area contributed by atoms with Crippen molar-refractivity contribution in [2.75, 3.05) is 13.4 Å². The van der Waals surface area contributed by atoms with Crippen molar-refractivity contribution in [2.45, 2.75) is 19.9 Å². The van der Waals surface area contributed by atoms with Gasteiger partial charge in [0.05, 0.1) is 11.4 Å². The summed E-state index contributed by atoms with van der Waals surface area (Å²) in [6.07, 6.45) is 0. The first-order valence-electron chi connectivity index (χ1n) is 9.31. The third-order valence-electron chi connectivity index (χ3n) is 4.69. The van der Waals surface area contributed by atoms with Crippen molar-refractivity contribution in [3.8, 4) is 11.5 Å². The number of fused-ring (bicyclic) bond motifs is 2. The lowest BCUT2D eigenvalue weighted by atomic mass is 10.1. The number of aryl methyl sites for hydroxylation is 1. The quantitative estimate of drug-likeness (QED) is 0.646. The van der Waals surface area contributed by atoms with Crippen LogP contribution in [0.3, 0.4) is 0 Å². The molecule has 4 rings (SSSR count). The Kier molecular flexibility index (Phi) is 5.14. The highest BCUT2D eigenvalue weighted by Gasteiger charge is 2.19. The van der Waals surface area contributed by atoms with Crippen LogP contribution in [0.5, 0.6) is 11.5 Å². The van der Waals surface area contributed by atoms with E-state index in [-0.39, 0.29) is 29.6 Å². The molecule has 1 aliphatic rings. The van der Waals surface area contributed by atoms with Crippen LogP contribution in [0.2, 0.25) is 0 Å². The summed E-state index contributed by atoms with van der Waals surface area (Å²) in [6, 6.07) is 11.2. The predicted octanol–water partition coefficient (Wildman–Crippen LogP) is 2.86. The Morgan fingerprint density at radius 1 is 1.10 bits per heavy atom. The van der Waals surface area contributed by atoms with Crippen LogP contribution in [0.1, 0.15) is 34.6 Å². The molecule has 0 unspecified atom stereocenters. The van der Waals surface area contributed by atoms with Crippen LogP contribution in [0.15, 0.2) is 51.7 Å². The van der Waals surface area contributed by atoms with Gasteiger partial charge >= 0.3 is 5.97 Å². The zero-order chi connectivity index (χ0) is 21.3. The van der Waals surface area contributed by atoms with Crippen molar-refractivity contribution in [1.29, 1.82) is 0 Å². The van der Waals surface area contributed by atoms with Crippen LogP contribution < -0.4 is 20.2 Å². The zero-order valence-electron chi connectivity index (χ0n) is 16.4. The van der Waals surface area contributed by atoms with Gasteiger partial charge in [-0.05, 0) is 43.7 Å². The van der Waals surface area contributed by atoms with E-state index in [1.165, 1.54) is 0 Å². The number of amides is 1. The van der Waals surface area contributed by atoms with Gasteiger partial charge in [-0.2, -0.15) is 0 Å². The average Bonchev–Trinajstić information content (AvgIpc) is 3.20. The van der Waals surface area contributed by atoms with Crippen molar-refractivity contribution in [3.05, 3.63) is 69.6 Å². The second-order valence-corrected chi connectivity index (χ2v) is 6.95. The summed E-state index contributed by atoms with van der Waals surface area (Å²) >= 11 is 0. The number of ether oxygens (including phenoxy) is 3. The van der Waals surface area contributed by atoms with Crippen molar-refractivity contribution in [1.82, 2.24) is 5.32 Å². The molecule has 1 aromatic heterocycles. The number of carbonyl (C=O) groups excluding carboxylic acids is 2. The number of esters is 1. The van der Waals surface area contributed by atoms with Crippen LogP contribution in [0.25, 0.3) is 11.0 Å². The number of hydrogen-bond acceptors (Lipinski definition) is 7. The first-order valence-corrected chi connectivity index (χ1v) is 9.31. The van der Waals surface area contributed by atoms with E-state index in [1.54, 1.807) is 37.3 Å². The van der Waals surface area contributed by atoms with E-state index in [0.717, 1.165) is 17.2 Å². The minimum Gasteiger partial charge on any atom is -0.454 e. The maximum atomic E-state index is 12.2. The maximum Gasteiger partial charge on any atom is 0.374 e. The minimum atomic E-state index is -0.888. The van der Waals surface area contributed by atoms with Gasteiger partial charge in [-0.3, -0.25) is 9.59 Å². The molecule has 8 heteroatoms. The van der Waals surface area contributed by atoms with Gasteiger partial charge in [0.15, 0.2) is 23.5 Å². The Morgan fingerprint density at radius 2 is 1.90 bits per heavy atom. The standard InChI is InChI=1S/C22H19NO7/c1-12-3-5-17-15(7-12)16(24)9-20(30-17)22(26)27-10-21(25)23-13(2)14-4-6-18-19(8-14)29-11-28-18/h3-9,13H,10-11H2,1-2H3,(H,23,25)/t13-/m1/s1. The average molecular weight is 409 g/mol. The molecule has 0 spiro atoms. The molecule has 2 heterocycles. The van der Waals surface area contributed by atoms with E-state index in [1.807, 2.05) is 13.0 Å². The summed E-state index contributed by atoms with van der Waals surface area (Å²) in [5.41, 5.74) is 1.64. The molecule has 2 aromatic carbocycles. The number of benzene rings is 2. The third-order valence-corrected chi connectivity index (χ3v) is 4.69. The fourth-order valence-electron chi connectivity index (χ4n) is 3.12. The first-order chi connectivity index (χ1) is 14.4. The normalized spacial score (nSPS) is 13.1. The first kappa shape index (κ1) is 19.5. The highest BCUT2D eigenvalue weighted by Crippen LogP contribution is 2.34. The van der Waals surface area contributed by atoms with Crippen molar-refractivity contribution in [2.24, 2.45) is 0 Å². The van der Waals surface area contributed by atoms with Gasteiger partial charge in [0.1, 0.15) is 5.58 Å². The lowest BCUT2D eigenvalue weighted by Crippen LogP contribution is -2.31. The molecule has 0 saturated carbocycles. The topological polar surface area (TPSA) is 104 Å². The fourth-order valence-corrected chi connectivity index (χ4v) is 3.12. The molecule has 8 nitrogen and oxygen atoms in total. The summed E-state index contributed by atoms with van der Waals surface area (Å²) in [4.78, 5) is 36.6. The van der Waals surface area contributed by atoms with Gasteiger partial charge < -0.3 is 23.9 Å². The molecule has 1 atom stereocenters. The van der Waals surface area contributed by atoms with Crippen LogP contribution in [0.4, 0.5) is 0 Å². The molecule has 154 valence electrons. The smallest absolute Gasteiger partial charge is 0.374 e. The summed E-state index contributed by atoms with van der Waals surface area (Å²) < 4.78 is 21.0. The Bertz CT molecular complexity index is 1200. The number of carbonyl (C=O) groups is 2. The second-order valence-electron chi connectivity index (χ2n) is 6.95. The molecule has 0 aliphatic carbocycles. The van der Waals surface area contributed by atoms with Gasteiger partial charge in [0.2, 0.25) is 12.6 Å². The summed E-state index contributed by atoms with van der Waals surface area (Å²) in [5, 5.41) is 3.11. The van der Waals surface area contributed by atoms with Gasteiger partial charge in [0.25, 0.3) is 5.91 Å². The molecule has 0 saturated heterocycles. The SMILES string of the molecule is Cc1ccc2oc(C(=O)OCC(=O)N[C@H](C)c3ccc4c(c3)OCO4)cc(=O)c2c1. The Balaban J connectivity index is 1.37. The van der Waals surface area contributed by atoms with E-state index in [0.29, 0.717) is 16.9 Å². The second kappa shape index (κ2) is 7.90. The number of rotatable bonds is 5. The van der Waals surface area contributed by atoms with Gasteiger partial charge in [-0.1, -0.05) is 17.7 Å². The van der Waals surface area contributed by atoms with Gasteiger partial charge in [0, 0.05) is 6.07 Å². The van der Waals surface area contributed by atoms with E-state index in [2.05, 4.69) is 5.32 Å². The number of nitrogens with one attached hydrogen (secondary N) is 1. The highest BCUT2D eigenvalue weighted by molar-refractivity contribution is 5.90. The monoisotopic (exact) mass is 409 g/mol. The van der Waals surface area contributed by atoms with E-state index < -0.39 is 18.5 Å². The molecule has 1 N–H and O–H groups in total. The molecular weight excluding hydrogens is 390 g/mol. The zero-order valence-corrected chi connectivity index (χ0v) is 16.4. The van der Waals surface area contributed by atoms with Crippen molar-refractivity contribution in [3.63, 3.8) is 0 Å². The molecule has 1 amide bonds. The van der Waals surface area contributed by atoms with Crippen LogP contribution >= 0.6 is 0 Å². The van der Waals surface area contributed by atoms with Gasteiger partial charge in [-0.25, -0.2) is 4.79 Å². The van der Waals surface area contributed by atoms with Gasteiger partial charge in [-0.15, -0.1) is 0 Å². The molecular formula is C22H19NO7. The highest BCUT2D eigenvalue weighted by atomic mass is 16.7. The summed E-state index contributed by atoms with van der Waals surface area (Å²) in [7, 11) is 0. The maximum absolute atomic E-state index is 12.2. The molecule has 0 fully saturated rings. The predicted molar refractivity (Wildman–Crippen MR) is 107 cm³/mol. The lowest BCUT2D eigenvalue weighted by molar-refractivity contribution is -0.124. The van der Waals surface area contributed by atoms with Crippen molar-refractivity contribution >= 4 is 22.8 Å². The molecule has 1 aliphatic heterocycles. The minimum absolute atomic E-state index is 0.167. The van der Waals surface area contributed by atoms with E-state index >= 15 is 0 Å². The molecule has 0 bridgehead atoms. The van der Waals surface area contributed by atoms with Crippen LogP contribution in [-0.4, -0.2) is 25.3 Å². The van der Waals surface area contributed by atoms with E-state index in [4.69, 9.17) is 18.6 Å². The Labute approximate surface area is 171 Å².